The Kier molecular flexibility index (Phi) is 6.01. The molecule has 31 heavy (non-hydrogen) atoms. The highest BCUT2D eigenvalue weighted by molar-refractivity contribution is 7.99. The van der Waals surface area contributed by atoms with Gasteiger partial charge in [-0.1, -0.05) is 13.8 Å². The van der Waals surface area contributed by atoms with Gasteiger partial charge in [-0.25, -0.2) is 4.79 Å². The third kappa shape index (κ3) is 3.71. The third-order valence-corrected chi connectivity index (χ3v) is 12.1. The Morgan fingerprint density at radius 3 is 2.61 bits per heavy atom. The predicted molar refractivity (Wildman–Crippen MR) is 128 cm³/mol. The van der Waals surface area contributed by atoms with Crippen molar-refractivity contribution in [2.45, 2.75) is 82.9 Å². The van der Waals surface area contributed by atoms with Gasteiger partial charge in [0.25, 0.3) is 0 Å². The van der Waals surface area contributed by atoms with E-state index in [1.807, 2.05) is 6.08 Å². The van der Waals surface area contributed by atoms with Crippen LogP contribution in [-0.2, 0) is 9.53 Å². The lowest BCUT2D eigenvalue weighted by Gasteiger charge is -2.61. The Morgan fingerprint density at radius 2 is 1.87 bits per heavy atom. The van der Waals surface area contributed by atoms with E-state index in [2.05, 4.69) is 25.6 Å². The van der Waals surface area contributed by atoms with Crippen LogP contribution in [0.3, 0.4) is 0 Å². The molecule has 1 heterocycles. The molecule has 4 fully saturated rings. The number of cyclic esters (lactones) is 1. The first-order valence-corrected chi connectivity index (χ1v) is 13.8. The summed E-state index contributed by atoms with van der Waals surface area (Å²) in [4.78, 5) is 11.7. The zero-order valence-corrected chi connectivity index (χ0v) is 20.3. The van der Waals surface area contributed by atoms with Gasteiger partial charge in [0.2, 0.25) is 0 Å². The Balaban J connectivity index is 1.28. The molecule has 0 aromatic rings. The lowest BCUT2D eigenvalue weighted by Crippen LogP contribution is -2.53. The van der Waals surface area contributed by atoms with Gasteiger partial charge in [-0.2, -0.15) is 11.8 Å². The minimum atomic E-state index is -0.120. The Morgan fingerprint density at radius 1 is 1.10 bits per heavy atom. The molecule has 4 saturated carbocycles. The fourth-order valence-electron chi connectivity index (χ4n) is 8.90. The van der Waals surface area contributed by atoms with Gasteiger partial charge in [0, 0.05) is 29.7 Å². The summed E-state index contributed by atoms with van der Waals surface area (Å²) in [6.45, 7) is 6.36. The lowest BCUT2D eigenvalue weighted by atomic mass is 9.44. The van der Waals surface area contributed by atoms with Crippen LogP contribution < -0.4 is 11.5 Å². The molecule has 4 nitrogen and oxygen atoms in total. The van der Waals surface area contributed by atoms with E-state index < -0.39 is 0 Å². The van der Waals surface area contributed by atoms with Gasteiger partial charge in [0.15, 0.2) is 0 Å². The van der Waals surface area contributed by atoms with E-state index in [1.165, 1.54) is 63.4 Å². The van der Waals surface area contributed by atoms with E-state index in [9.17, 15) is 4.79 Å². The molecule has 5 aliphatic rings. The van der Waals surface area contributed by atoms with Crippen LogP contribution in [0.15, 0.2) is 11.6 Å². The zero-order chi connectivity index (χ0) is 21.8. The Labute approximate surface area is 192 Å². The van der Waals surface area contributed by atoms with Crippen molar-refractivity contribution >= 4 is 17.7 Å². The van der Waals surface area contributed by atoms with Gasteiger partial charge in [-0.15, -0.1) is 0 Å². The quantitative estimate of drug-likeness (QED) is 0.607. The smallest absolute Gasteiger partial charge is 0.331 e. The summed E-state index contributed by atoms with van der Waals surface area (Å²) >= 11 is 2.09. The zero-order valence-electron chi connectivity index (χ0n) is 19.5. The number of hydrogen-bond acceptors (Lipinski definition) is 5. The number of fused-ring (bicyclic) bond motifs is 5. The molecule has 0 amide bonds. The second kappa shape index (κ2) is 8.36. The fourth-order valence-corrected chi connectivity index (χ4v) is 10.2. The molecule has 4 N–H and O–H groups in total. The predicted octanol–water partition coefficient (Wildman–Crippen LogP) is 4.52. The maximum atomic E-state index is 11.7. The van der Waals surface area contributed by atoms with Crippen molar-refractivity contribution in [2.24, 2.45) is 51.9 Å². The highest BCUT2D eigenvalue weighted by Crippen LogP contribution is 2.68. The molecular formula is C26H42N2O2S. The molecule has 0 spiro atoms. The third-order valence-electron chi connectivity index (χ3n) is 10.6. The molecule has 5 rings (SSSR count). The first-order valence-electron chi connectivity index (χ1n) is 12.8. The summed E-state index contributed by atoms with van der Waals surface area (Å²) in [6.07, 6.45) is 14.1. The molecule has 1 aliphatic heterocycles. The second-order valence-electron chi connectivity index (χ2n) is 11.9. The molecule has 0 radical (unpaired) electrons. The first-order chi connectivity index (χ1) is 14.8. The highest BCUT2D eigenvalue weighted by atomic mass is 32.2. The van der Waals surface area contributed by atoms with Gasteiger partial charge in [0.05, 0.1) is 0 Å². The Bertz CT molecular complexity index is 741. The van der Waals surface area contributed by atoms with E-state index in [0.717, 1.165) is 34.7 Å². The van der Waals surface area contributed by atoms with E-state index >= 15 is 0 Å². The Hall–Kier alpha value is -0.520. The largest absolute Gasteiger partial charge is 0.458 e. The molecule has 0 aromatic carbocycles. The topological polar surface area (TPSA) is 78.3 Å². The molecule has 174 valence electrons. The average molecular weight is 447 g/mol. The van der Waals surface area contributed by atoms with Crippen LogP contribution in [0.5, 0.6) is 0 Å². The number of carbonyl (C=O) groups is 1. The van der Waals surface area contributed by atoms with Crippen molar-refractivity contribution in [3.8, 4) is 0 Å². The summed E-state index contributed by atoms with van der Waals surface area (Å²) in [5.41, 5.74) is 14.0. The first kappa shape index (κ1) is 22.3. The van der Waals surface area contributed by atoms with Gasteiger partial charge >= 0.3 is 5.97 Å². The summed E-state index contributed by atoms with van der Waals surface area (Å²) in [6, 6.07) is 0.149. The number of nitrogens with two attached hydrogens (primary N) is 2. The van der Waals surface area contributed by atoms with E-state index in [1.54, 1.807) is 0 Å². The molecule has 0 bridgehead atoms. The summed E-state index contributed by atoms with van der Waals surface area (Å²) in [5, 5.41) is 0.781. The average Bonchev–Trinajstić information content (AvgIpc) is 3.34. The van der Waals surface area contributed by atoms with Gasteiger partial charge in [-0.3, -0.25) is 0 Å². The highest BCUT2D eigenvalue weighted by Gasteiger charge is 2.60. The van der Waals surface area contributed by atoms with E-state index in [4.69, 9.17) is 16.2 Å². The van der Waals surface area contributed by atoms with Crippen LogP contribution in [0.4, 0.5) is 0 Å². The number of ether oxygens (including phenoxy) is 1. The van der Waals surface area contributed by atoms with E-state index in [-0.39, 0.29) is 12.0 Å². The normalized spacial score (nSPS) is 47.7. The molecular weight excluding hydrogens is 404 g/mol. The number of hydrogen-bond donors (Lipinski definition) is 2. The minimum absolute atomic E-state index is 0.120. The van der Waals surface area contributed by atoms with E-state index in [0.29, 0.717) is 29.9 Å². The maximum absolute atomic E-state index is 11.7. The lowest BCUT2D eigenvalue weighted by molar-refractivity contribution is -0.135. The second-order valence-corrected chi connectivity index (χ2v) is 13.2. The van der Waals surface area contributed by atoms with Gasteiger partial charge in [0.1, 0.15) is 6.61 Å². The number of esters is 1. The number of carbonyl (C=O) groups excluding carboxylic acids is 1. The van der Waals surface area contributed by atoms with Crippen LogP contribution in [-0.4, -0.2) is 36.2 Å². The maximum Gasteiger partial charge on any atom is 0.331 e. The number of thioether (sulfide) groups is 1. The van der Waals surface area contributed by atoms with Gasteiger partial charge < -0.3 is 16.2 Å². The van der Waals surface area contributed by atoms with Gasteiger partial charge in [-0.05, 0) is 104 Å². The van der Waals surface area contributed by atoms with Crippen molar-refractivity contribution in [3.05, 3.63) is 11.6 Å². The molecule has 5 heteroatoms. The van der Waals surface area contributed by atoms with Crippen molar-refractivity contribution in [2.75, 3.05) is 18.9 Å². The minimum Gasteiger partial charge on any atom is -0.458 e. The molecule has 2 unspecified atom stereocenters. The molecule has 4 aliphatic carbocycles. The van der Waals surface area contributed by atoms with Crippen LogP contribution in [0, 0.1) is 40.4 Å². The number of rotatable bonds is 5. The SMILES string of the molecule is C[C@]12CCC(SCC(N)CN)C[C@H]1CC[C@@H]1[C@@H]2CC[C@]2(C)[C@@H](C3=CC(=O)OC3)CC[C@@H]12. The molecule has 9 atom stereocenters. The van der Waals surface area contributed by atoms with Crippen molar-refractivity contribution in [3.63, 3.8) is 0 Å². The van der Waals surface area contributed by atoms with Crippen LogP contribution >= 0.6 is 11.8 Å². The van der Waals surface area contributed by atoms with Crippen molar-refractivity contribution in [1.82, 2.24) is 0 Å². The van der Waals surface area contributed by atoms with Crippen molar-refractivity contribution in [1.29, 1.82) is 0 Å². The van der Waals surface area contributed by atoms with Crippen LogP contribution in [0.25, 0.3) is 0 Å². The summed E-state index contributed by atoms with van der Waals surface area (Å²) < 4.78 is 5.30. The monoisotopic (exact) mass is 446 g/mol. The molecule has 0 aromatic heterocycles. The molecule has 0 saturated heterocycles. The summed E-state index contributed by atoms with van der Waals surface area (Å²) in [5.74, 6) is 4.97. The van der Waals surface area contributed by atoms with Crippen LogP contribution in [0.1, 0.15) is 71.6 Å². The standard InChI is InChI=1S/C26H42N2O2S/c1-25-9-7-19(31-15-18(28)13-27)12-17(25)3-4-20-22-6-5-21(16-11-24(29)30-14-16)26(22,2)10-8-23(20)25/h11,17-23H,3-10,12-15,27-28H2,1-2H3/t17-,18?,19?,20+,21-,22+,23+,25+,26-/m1/s1. The summed E-state index contributed by atoms with van der Waals surface area (Å²) in [7, 11) is 0. The van der Waals surface area contributed by atoms with Crippen LogP contribution in [0.2, 0.25) is 0 Å². The fraction of sp³-hybridized carbons (Fsp3) is 0.885. The van der Waals surface area contributed by atoms with Crippen molar-refractivity contribution < 1.29 is 9.53 Å².